The van der Waals surface area contributed by atoms with E-state index in [4.69, 9.17) is 0 Å². The maximum absolute atomic E-state index is 13.7. The molecule has 0 heterocycles. The summed E-state index contributed by atoms with van der Waals surface area (Å²) < 4.78 is 0. The topological polar surface area (TPSA) is 133 Å². The molecule has 0 aliphatic rings. The molecule has 4 N–H and O–H groups in total. The molecule has 43 heavy (non-hydrogen) atoms. The number of rotatable bonds is 13. The van der Waals surface area contributed by atoms with Crippen molar-refractivity contribution in [2.75, 3.05) is 0 Å². The van der Waals surface area contributed by atoms with Gasteiger partial charge in [0.15, 0.2) is 0 Å². The first kappa shape index (κ1) is 32.7. The van der Waals surface area contributed by atoms with Crippen LogP contribution in [0.25, 0.3) is 0 Å². The first-order valence-corrected chi connectivity index (χ1v) is 14.3. The first-order chi connectivity index (χ1) is 20.4. The molecule has 0 saturated heterocycles. The van der Waals surface area contributed by atoms with Gasteiger partial charge >= 0.3 is 0 Å². The Balaban J connectivity index is 1.72. The predicted molar refractivity (Wildman–Crippen MR) is 165 cm³/mol. The van der Waals surface area contributed by atoms with Crippen molar-refractivity contribution in [1.82, 2.24) is 21.3 Å². The Labute approximate surface area is 252 Å². The summed E-state index contributed by atoms with van der Waals surface area (Å²) in [6.45, 7) is 8.76. The maximum Gasteiger partial charge on any atom is 0.289 e. The third-order valence-electron chi connectivity index (χ3n) is 7.33. The normalized spacial score (nSPS) is 13.3. The Bertz CT molecular complexity index is 1410. The summed E-state index contributed by atoms with van der Waals surface area (Å²) >= 11 is 0. The zero-order valence-electron chi connectivity index (χ0n) is 25.2. The van der Waals surface area contributed by atoms with Crippen LogP contribution in [0.4, 0.5) is 0 Å². The highest BCUT2D eigenvalue weighted by atomic mass is 16.2. The molecule has 0 radical (unpaired) electrons. The van der Waals surface area contributed by atoms with Crippen LogP contribution in [0.5, 0.6) is 0 Å². The molecule has 3 atom stereocenters. The lowest BCUT2D eigenvalue weighted by atomic mass is 9.77. The van der Waals surface area contributed by atoms with Crippen molar-refractivity contribution >= 4 is 29.4 Å². The molecular weight excluding hydrogens is 544 g/mol. The lowest BCUT2D eigenvalue weighted by Gasteiger charge is -2.35. The van der Waals surface area contributed by atoms with Crippen LogP contribution in [-0.4, -0.2) is 47.5 Å². The monoisotopic (exact) mass is 584 g/mol. The van der Waals surface area contributed by atoms with Crippen LogP contribution in [0.1, 0.15) is 56.1 Å². The van der Waals surface area contributed by atoms with Crippen molar-refractivity contribution in [3.63, 3.8) is 0 Å². The number of ketones is 1. The molecule has 0 bridgehead atoms. The predicted octanol–water partition coefficient (Wildman–Crippen LogP) is 3.29. The average Bonchev–Trinajstić information content (AvgIpc) is 3.01. The Morgan fingerprint density at radius 3 is 1.77 bits per heavy atom. The standard InChI is InChI=1S/C34H40N4O5/c1-22(2)27(28(39)32(42)35-21-24-15-9-6-10-16-24)37-30(40)23(3)36-33(43)29(34(4,5)26-19-13-8-14-20-26)38-31(41)25-17-11-7-12-18-25/h6-20,22-23,27,29H,21H2,1-5H3,(H,35,42)(H,36,43)(H,37,40)(H,38,41). The van der Waals surface area contributed by atoms with E-state index in [9.17, 15) is 24.0 Å². The minimum absolute atomic E-state index is 0.171. The van der Waals surface area contributed by atoms with E-state index < -0.39 is 58.9 Å². The van der Waals surface area contributed by atoms with Gasteiger partial charge in [-0.25, -0.2) is 0 Å². The smallest absolute Gasteiger partial charge is 0.289 e. The molecule has 226 valence electrons. The molecule has 0 saturated carbocycles. The number of nitrogens with one attached hydrogen (secondary N) is 4. The molecule has 9 nitrogen and oxygen atoms in total. The Hall–Kier alpha value is -4.79. The fourth-order valence-electron chi connectivity index (χ4n) is 4.59. The van der Waals surface area contributed by atoms with Gasteiger partial charge in [-0.05, 0) is 36.1 Å². The molecule has 4 amide bonds. The summed E-state index contributed by atoms with van der Waals surface area (Å²) in [7, 11) is 0. The summed E-state index contributed by atoms with van der Waals surface area (Å²) in [4.78, 5) is 65.6. The zero-order valence-corrected chi connectivity index (χ0v) is 25.2. The number of carbonyl (C=O) groups excluding carboxylic acids is 5. The van der Waals surface area contributed by atoms with Crippen molar-refractivity contribution in [3.05, 3.63) is 108 Å². The number of hydrogen-bond donors (Lipinski definition) is 4. The Morgan fingerprint density at radius 2 is 1.21 bits per heavy atom. The van der Waals surface area contributed by atoms with Crippen molar-refractivity contribution in [1.29, 1.82) is 0 Å². The van der Waals surface area contributed by atoms with Crippen LogP contribution in [0.2, 0.25) is 0 Å². The van der Waals surface area contributed by atoms with Gasteiger partial charge in [-0.3, -0.25) is 24.0 Å². The van der Waals surface area contributed by atoms with Gasteiger partial charge < -0.3 is 21.3 Å². The van der Waals surface area contributed by atoms with E-state index in [1.807, 2.05) is 74.5 Å². The molecule has 3 unspecified atom stereocenters. The van der Waals surface area contributed by atoms with Crippen LogP contribution in [0.15, 0.2) is 91.0 Å². The summed E-state index contributed by atoms with van der Waals surface area (Å²) in [5.41, 5.74) is 1.17. The summed E-state index contributed by atoms with van der Waals surface area (Å²) in [6, 6.07) is 23.8. The van der Waals surface area contributed by atoms with Crippen molar-refractivity contribution in [2.45, 2.75) is 64.7 Å². The third kappa shape index (κ3) is 8.85. The van der Waals surface area contributed by atoms with E-state index in [2.05, 4.69) is 21.3 Å². The van der Waals surface area contributed by atoms with Crippen LogP contribution < -0.4 is 21.3 Å². The van der Waals surface area contributed by atoms with Gasteiger partial charge in [-0.15, -0.1) is 0 Å². The van der Waals surface area contributed by atoms with E-state index in [-0.39, 0.29) is 6.54 Å². The van der Waals surface area contributed by atoms with Crippen molar-refractivity contribution < 1.29 is 24.0 Å². The van der Waals surface area contributed by atoms with Gasteiger partial charge in [0, 0.05) is 17.5 Å². The molecule has 3 aromatic rings. The fraction of sp³-hybridized carbons (Fsp3) is 0.324. The Morgan fingerprint density at radius 1 is 0.674 bits per heavy atom. The van der Waals surface area contributed by atoms with Crippen LogP contribution in [-0.2, 0) is 31.1 Å². The molecule has 3 aromatic carbocycles. The number of benzene rings is 3. The highest BCUT2D eigenvalue weighted by molar-refractivity contribution is 6.38. The molecule has 0 aliphatic heterocycles. The number of carbonyl (C=O) groups is 5. The van der Waals surface area contributed by atoms with E-state index in [0.717, 1.165) is 11.1 Å². The number of amides is 4. The largest absolute Gasteiger partial charge is 0.345 e. The van der Waals surface area contributed by atoms with Crippen LogP contribution in [0, 0.1) is 5.92 Å². The molecule has 0 aliphatic carbocycles. The van der Waals surface area contributed by atoms with Gasteiger partial charge in [0.1, 0.15) is 12.1 Å². The van der Waals surface area contributed by atoms with Gasteiger partial charge in [-0.1, -0.05) is 107 Å². The second kappa shape index (κ2) is 14.9. The third-order valence-corrected chi connectivity index (χ3v) is 7.33. The van der Waals surface area contributed by atoms with Gasteiger partial charge in [0.25, 0.3) is 11.8 Å². The second-order valence-corrected chi connectivity index (χ2v) is 11.4. The van der Waals surface area contributed by atoms with Crippen LogP contribution in [0.3, 0.4) is 0 Å². The quantitative estimate of drug-likeness (QED) is 0.229. The first-order valence-electron chi connectivity index (χ1n) is 14.3. The average molecular weight is 585 g/mol. The summed E-state index contributed by atoms with van der Waals surface area (Å²) in [5, 5.41) is 10.8. The van der Waals surface area contributed by atoms with Crippen molar-refractivity contribution in [2.24, 2.45) is 5.92 Å². The van der Waals surface area contributed by atoms with Gasteiger partial charge in [-0.2, -0.15) is 0 Å². The molecule has 9 heteroatoms. The number of Topliss-reactive ketones (excluding diaryl/α,β-unsaturated/α-hetero) is 1. The minimum Gasteiger partial charge on any atom is -0.345 e. The molecule has 3 rings (SSSR count). The highest BCUT2D eigenvalue weighted by Gasteiger charge is 2.39. The SMILES string of the molecule is CC(NC(=O)C(NC(=O)c1ccccc1)C(C)(C)c1ccccc1)C(=O)NC(C(=O)C(=O)NCc1ccccc1)C(C)C. The van der Waals surface area contributed by atoms with Crippen LogP contribution >= 0.6 is 0 Å². The molecule has 0 spiro atoms. The van der Waals surface area contributed by atoms with Gasteiger partial charge in [0.05, 0.1) is 6.04 Å². The molecule has 0 aromatic heterocycles. The minimum atomic E-state index is -1.10. The van der Waals surface area contributed by atoms with Gasteiger partial charge in [0.2, 0.25) is 17.6 Å². The van der Waals surface area contributed by atoms with E-state index in [1.165, 1.54) is 6.92 Å². The zero-order chi connectivity index (χ0) is 31.6. The number of hydrogen-bond acceptors (Lipinski definition) is 5. The fourth-order valence-corrected chi connectivity index (χ4v) is 4.59. The maximum atomic E-state index is 13.7. The molecular formula is C34H40N4O5. The highest BCUT2D eigenvalue weighted by Crippen LogP contribution is 2.28. The summed E-state index contributed by atoms with van der Waals surface area (Å²) in [6.07, 6.45) is 0. The lowest BCUT2D eigenvalue weighted by Crippen LogP contribution is -2.60. The van der Waals surface area contributed by atoms with E-state index >= 15 is 0 Å². The Kier molecular flexibility index (Phi) is 11.3. The molecule has 0 fully saturated rings. The van der Waals surface area contributed by atoms with Crippen molar-refractivity contribution in [3.8, 4) is 0 Å². The van der Waals surface area contributed by atoms with E-state index in [0.29, 0.717) is 5.56 Å². The second-order valence-electron chi connectivity index (χ2n) is 11.4. The lowest BCUT2D eigenvalue weighted by molar-refractivity contribution is -0.141. The van der Waals surface area contributed by atoms with E-state index in [1.54, 1.807) is 44.2 Å². The summed E-state index contributed by atoms with van der Waals surface area (Å²) in [5.74, 6) is -3.63.